The lowest BCUT2D eigenvalue weighted by molar-refractivity contribution is -0.125. The summed E-state index contributed by atoms with van der Waals surface area (Å²) in [6.45, 7) is 0.421. The van der Waals surface area contributed by atoms with Crippen molar-refractivity contribution in [3.63, 3.8) is 0 Å². The van der Waals surface area contributed by atoms with Gasteiger partial charge in [0.15, 0.2) is 0 Å². The number of fused-ring (bicyclic) bond motifs is 3. The minimum Gasteiger partial charge on any atom is -0.497 e. The Morgan fingerprint density at radius 3 is 2.83 bits per heavy atom. The van der Waals surface area contributed by atoms with Crippen LogP contribution in [-0.4, -0.2) is 41.4 Å². The molecule has 0 bridgehead atoms. The SMILES string of the molecule is COc1cccc(-c2ccc3n(c2=O)C[C@@H]2[C@@H](CO)[C@H](C(=O)NC4CCC4)N[C@H]32)c1. The van der Waals surface area contributed by atoms with Gasteiger partial charge in [0.2, 0.25) is 5.91 Å². The number of aliphatic hydroxyl groups excluding tert-OH is 1. The minimum atomic E-state index is -0.424. The number of rotatable bonds is 5. The van der Waals surface area contributed by atoms with E-state index in [0.717, 1.165) is 30.5 Å². The lowest BCUT2D eigenvalue weighted by Crippen LogP contribution is -2.51. The van der Waals surface area contributed by atoms with Gasteiger partial charge >= 0.3 is 0 Å². The lowest BCUT2D eigenvalue weighted by Gasteiger charge is -2.29. The molecule has 0 radical (unpaired) electrons. The summed E-state index contributed by atoms with van der Waals surface area (Å²) in [6.07, 6.45) is 3.21. The number of amides is 1. The third kappa shape index (κ3) is 3.04. The maximum Gasteiger partial charge on any atom is 0.258 e. The predicted molar refractivity (Wildman–Crippen MR) is 112 cm³/mol. The fourth-order valence-corrected chi connectivity index (χ4v) is 5.11. The van der Waals surface area contributed by atoms with Crippen LogP contribution in [0.1, 0.15) is 31.0 Å². The van der Waals surface area contributed by atoms with Crippen LogP contribution >= 0.6 is 0 Å². The smallest absolute Gasteiger partial charge is 0.258 e. The van der Waals surface area contributed by atoms with Gasteiger partial charge in [-0.2, -0.15) is 0 Å². The molecule has 7 nitrogen and oxygen atoms in total. The molecule has 7 heteroatoms. The predicted octanol–water partition coefficient (Wildman–Crippen LogP) is 1.44. The van der Waals surface area contributed by atoms with E-state index in [1.54, 1.807) is 11.7 Å². The summed E-state index contributed by atoms with van der Waals surface area (Å²) in [6, 6.07) is 11.0. The second-order valence-electron chi connectivity index (χ2n) is 8.59. The summed E-state index contributed by atoms with van der Waals surface area (Å²) in [5.41, 5.74) is 2.27. The van der Waals surface area contributed by atoms with Gasteiger partial charge < -0.3 is 19.7 Å². The molecule has 4 atom stereocenters. The second kappa shape index (κ2) is 7.56. The van der Waals surface area contributed by atoms with Gasteiger partial charge in [0.1, 0.15) is 5.75 Å². The first-order chi connectivity index (χ1) is 14.6. The first kappa shape index (κ1) is 19.3. The maximum absolute atomic E-state index is 13.2. The van der Waals surface area contributed by atoms with Crippen LogP contribution in [0.2, 0.25) is 0 Å². The van der Waals surface area contributed by atoms with Crippen LogP contribution in [0.5, 0.6) is 5.75 Å². The molecule has 30 heavy (non-hydrogen) atoms. The largest absolute Gasteiger partial charge is 0.497 e. The summed E-state index contributed by atoms with van der Waals surface area (Å²) in [7, 11) is 1.61. The summed E-state index contributed by atoms with van der Waals surface area (Å²) >= 11 is 0. The van der Waals surface area contributed by atoms with Crippen molar-refractivity contribution in [3.8, 4) is 16.9 Å². The van der Waals surface area contributed by atoms with Crippen molar-refractivity contribution in [2.24, 2.45) is 11.8 Å². The number of nitrogens with zero attached hydrogens (tertiary/aromatic N) is 1. The van der Waals surface area contributed by atoms with Crippen molar-refractivity contribution in [3.05, 3.63) is 52.4 Å². The standard InChI is InChI=1S/C23H27N3O4/c1-30-15-7-2-4-13(10-15)16-8-9-19-20-17(11-26(19)23(16)29)18(12-27)21(25-20)22(28)24-14-5-3-6-14/h2,4,7-10,14,17-18,20-21,25,27H,3,5-6,11-12H2,1H3,(H,24,28)/t17-,18-,20+,21-/m1/s1. The van der Waals surface area contributed by atoms with E-state index in [1.165, 1.54) is 0 Å². The Balaban J connectivity index is 1.43. The fourth-order valence-electron chi connectivity index (χ4n) is 5.11. The molecule has 5 rings (SSSR count). The Morgan fingerprint density at radius 1 is 1.30 bits per heavy atom. The fraction of sp³-hybridized carbons (Fsp3) is 0.478. The molecule has 0 spiro atoms. The Morgan fingerprint density at radius 2 is 2.13 bits per heavy atom. The zero-order valence-corrected chi connectivity index (χ0v) is 17.0. The van der Waals surface area contributed by atoms with Gasteiger partial charge in [-0.1, -0.05) is 12.1 Å². The number of nitrogens with one attached hydrogen (secondary N) is 2. The first-order valence-electron chi connectivity index (χ1n) is 10.7. The molecule has 2 aliphatic heterocycles. The monoisotopic (exact) mass is 409 g/mol. The number of carbonyl (C=O) groups excluding carboxylic acids is 1. The average molecular weight is 409 g/mol. The summed E-state index contributed by atoms with van der Waals surface area (Å²) < 4.78 is 7.08. The molecule has 3 aliphatic rings. The zero-order valence-electron chi connectivity index (χ0n) is 17.0. The van der Waals surface area contributed by atoms with Crippen LogP contribution in [0, 0.1) is 11.8 Å². The van der Waals surface area contributed by atoms with Gasteiger partial charge in [-0.3, -0.25) is 14.9 Å². The molecular weight excluding hydrogens is 382 g/mol. The molecule has 1 saturated heterocycles. The van der Waals surface area contributed by atoms with Gasteiger partial charge in [-0.25, -0.2) is 0 Å². The molecule has 2 fully saturated rings. The number of aromatic nitrogens is 1. The van der Waals surface area contributed by atoms with Crippen LogP contribution in [0.3, 0.4) is 0 Å². The van der Waals surface area contributed by atoms with Crippen molar-refractivity contribution in [1.82, 2.24) is 15.2 Å². The van der Waals surface area contributed by atoms with E-state index < -0.39 is 6.04 Å². The Kier molecular flexibility index (Phi) is 4.87. The molecule has 3 heterocycles. The van der Waals surface area contributed by atoms with Gasteiger partial charge in [0.05, 0.1) is 19.2 Å². The van der Waals surface area contributed by atoms with E-state index in [9.17, 15) is 14.7 Å². The highest BCUT2D eigenvalue weighted by Crippen LogP contribution is 2.43. The Labute approximate surface area is 175 Å². The Hall–Kier alpha value is -2.64. The summed E-state index contributed by atoms with van der Waals surface area (Å²) in [4.78, 5) is 26.0. The van der Waals surface area contributed by atoms with E-state index in [-0.39, 0.29) is 42.0 Å². The van der Waals surface area contributed by atoms with Gasteiger partial charge in [0.25, 0.3) is 5.56 Å². The molecule has 1 amide bonds. The number of carbonyl (C=O) groups is 1. The lowest BCUT2D eigenvalue weighted by atomic mass is 9.87. The molecular formula is C23H27N3O4. The van der Waals surface area contributed by atoms with Crippen molar-refractivity contribution in [2.75, 3.05) is 13.7 Å². The van der Waals surface area contributed by atoms with Crippen molar-refractivity contribution in [1.29, 1.82) is 0 Å². The number of pyridine rings is 1. The van der Waals surface area contributed by atoms with E-state index >= 15 is 0 Å². The number of methoxy groups -OCH3 is 1. The van der Waals surface area contributed by atoms with Crippen LogP contribution in [0.4, 0.5) is 0 Å². The maximum atomic E-state index is 13.2. The normalized spacial score (nSPS) is 27.3. The molecule has 2 aromatic rings. The second-order valence-corrected chi connectivity index (χ2v) is 8.59. The van der Waals surface area contributed by atoms with Gasteiger partial charge in [0, 0.05) is 42.3 Å². The van der Waals surface area contributed by atoms with Crippen LogP contribution in [0.25, 0.3) is 11.1 Å². The third-order valence-corrected chi connectivity index (χ3v) is 7.01. The van der Waals surface area contributed by atoms with Crippen LogP contribution < -0.4 is 20.9 Å². The highest BCUT2D eigenvalue weighted by Gasteiger charge is 2.50. The number of benzene rings is 1. The van der Waals surface area contributed by atoms with E-state index in [2.05, 4.69) is 10.6 Å². The zero-order chi connectivity index (χ0) is 20.8. The molecule has 1 aliphatic carbocycles. The molecule has 1 aromatic carbocycles. The number of hydrogen-bond donors (Lipinski definition) is 3. The first-order valence-corrected chi connectivity index (χ1v) is 10.7. The summed E-state index contributed by atoms with van der Waals surface area (Å²) in [5.74, 6) is 0.474. The van der Waals surface area contributed by atoms with Crippen LogP contribution in [0.15, 0.2) is 41.2 Å². The molecule has 3 N–H and O–H groups in total. The third-order valence-electron chi connectivity index (χ3n) is 7.01. The van der Waals surface area contributed by atoms with E-state index in [4.69, 9.17) is 4.74 Å². The number of aliphatic hydroxyl groups is 1. The van der Waals surface area contributed by atoms with Crippen LogP contribution in [-0.2, 0) is 11.3 Å². The highest BCUT2D eigenvalue weighted by atomic mass is 16.5. The van der Waals surface area contributed by atoms with Crippen molar-refractivity contribution >= 4 is 5.91 Å². The van der Waals surface area contributed by atoms with Crippen molar-refractivity contribution in [2.45, 2.75) is 43.9 Å². The molecule has 0 unspecified atom stereocenters. The molecule has 1 aromatic heterocycles. The van der Waals surface area contributed by atoms with Crippen molar-refractivity contribution < 1.29 is 14.6 Å². The quantitative estimate of drug-likeness (QED) is 0.695. The highest BCUT2D eigenvalue weighted by molar-refractivity contribution is 5.83. The van der Waals surface area contributed by atoms with E-state index in [1.807, 2.05) is 36.4 Å². The topological polar surface area (TPSA) is 92.6 Å². The number of hydrogen-bond acceptors (Lipinski definition) is 5. The van der Waals surface area contributed by atoms with Gasteiger partial charge in [-0.15, -0.1) is 0 Å². The molecule has 1 saturated carbocycles. The Bertz CT molecular complexity index is 1030. The summed E-state index contributed by atoms with van der Waals surface area (Å²) in [5, 5.41) is 16.6. The minimum absolute atomic E-state index is 0.0143. The van der Waals surface area contributed by atoms with E-state index in [0.29, 0.717) is 17.9 Å². The average Bonchev–Trinajstić information content (AvgIpc) is 3.27. The molecule has 158 valence electrons. The number of ether oxygens (including phenoxy) is 1. The van der Waals surface area contributed by atoms with Gasteiger partial charge in [-0.05, 0) is 49.1 Å².